The molecule has 0 spiro atoms. The van der Waals surface area contributed by atoms with Gasteiger partial charge in [-0.25, -0.2) is 0 Å². The summed E-state index contributed by atoms with van der Waals surface area (Å²) in [6.45, 7) is 4.31. The molecule has 4 nitrogen and oxygen atoms in total. The monoisotopic (exact) mass is 406 g/mol. The minimum atomic E-state index is -0.646. The minimum absolute atomic E-state index is 0.127. The molecule has 2 aromatic rings. The van der Waals surface area contributed by atoms with Gasteiger partial charge in [-0.3, -0.25) is 9.59 Å². The molecule has 6 heteroatoms. The Labute approximate surface area is 170 Å². The number of hydrogen-bond donors (Lipinski definition) is 1. The highest BCUT2D eigenvalue weighted by atomic mass is 35.5. The molecule has 0 aliphatic heterocycles. The lowest BCUT2D eigenvalue weighted by Gasteiger charge is -2.31. The van der Waals surface area contributed by atoms with Crippen molar-refractivity contribution >= 4 is 35.0 Å². The van der Waals surface area contributed by atoms with Gasteiger partial charge in [0.15, 0.2) is 0 Å². The van der Waals surface area contributed by atoms with E-state index in [0.29, 0.717) is 28.6 Å². The summed E-state index contributed by atoms with van der Waals surface area (Å²) in [7, 11) is 0. The van der Waals surface area contributed by atoms with Crippen LogP contribution in [-0.2, 0) is 22.6 Å². The Morgan fingerprint density at radius 1 is 1.00 bits per heavy atom. The molecular weight excluding hydrogens is 383 g/mol. The van der Waals surface area contributed by atoms with E-state index in [-0.39, 0.29) is 24.8 Å². The maximum atomic E-state index is 12.8. The Morgan fingerprint density at radius 3 is 2.19 bits per heavy atom. The van der Waals surface area contributed by atoms with Crippen molar-refractivity contribution < 1.29 is 9.59 Å². The lowest BCUT2D eigenvalue weighted by atomic mass is 10.0. The molecule has 0 aliphatic carbocycles. The number of rotatable bonds is 8. The average Bonchev–Trinajstić information content (AvgIpc) is 2.67. The summed E-state index contributed by atoms with van der Waals surface area (Å²) in [5.74, 6) is -0.315. The number of hydrogen-bond acceptors (Lipinski definition) is 2. The molecule has 1 atom stereocenters. The second kappa shape index (κ2) is 10.3. The van der Waals surface area contributed by atoms with Crippen LogP contribution >= 0.6 is 23.2 Å². The number of likely N-dealkylation sites (N-methyl/N-ethyl adjacent to an activating group) is 1. The Balaban J connectivity index is 2.40. The third-order valence-corrected chi connectivity index (χ3v) is 5.02. The van der Waals surface area contributed by atoms with Crippen LogP contribution in [0.4, 0.5) is 0 Å². The van der Waals surface area contributed by atoms with E-state index in [4.69, 9.17) is 23.2 Å². The molecule has 0 bridgehead atoms. The molecule has 2 amide bonds. The molecular formula is C21H24Cl2N2O2. The molecule has 0 heterocycles. The summed E-state index contributed by atoms with van der Waals surface area (Å²) < 4.78 is 0. The highest BCUT2D eigenvalue weighted by Gasteiger charge is 2.30. The normalized spacial score (nSPS) is 11.7. The third-order valence-electron chi connectivity index (χ3n) is 4.31. The predicted molar refractivity (Wildman–Crippen MR) is 110 cm³/mol. The van der Waals surface area contributed by atoms with E-state index >= 15 is 0 Å². The molecule has 2 rings (SSSR count). The molecule has 0 radical (unpaired) electrons. The fraction of sp³-hybridized carbons (Fsp3) is 0.333. The van der Waals surface area contributed by atoms with Crippen molar-refractivity contribution in [3.63, 3.8) is 0 Å². The molecule has 0 saturated carbocycles. The van der Waals surface area contributed by atoms with Gasteiger partial charge in [0.05, 0.1) is 0 Å². The second-order valence-corrected chi connectivity index (χ2v) is 6.99. The van der Waals surface area contributed by atoms with Crippen molar-refractivity contribution in [2.45, 2.75) is 39.3 Å². The van der Waals surface area contributed by atoms with E-state index < -0.39 is 6.04 Å². The zero-order chi connectivity index (χ0) is 19.8. The van der Waals surface area contributed by atoms with Crippen molar-refractivity contribution in [2.24, 2.45) is 0 Å². The standard InChI is InChI=1S/C21H24Cl2N2O2/c1-3-20(26)25(14-16-17(22)11-8-12-18(16)23)19(21(27)24-4-2)13-15-9-6-5-7-10-15/h5-12,19H,3-4,13-14H2,1-2H3,(H,24,27). The van der Waals surface area contributed by atoms with E-state index in [2.05, 4.69) is 5.32 Å². The summed E-state index contributed by atoms with van der Waals surface area (Å²) >= 11 is 12.6. The second-order valence-electron chi connectivity index (χ2n) is 6.18. The van der Waals surface area contributed by atoms with Crippen molar-refractivity contribution in [2.75, 3.05) is 6.54 Å². The summed E-state index contributed by atoms with van der Waals surface area (Å²) in [4.78, 5) is 27.1. The fourth-order valence-electron chi connectivity index (χ4n) is 2.90. The maximum absolute atomic E-state index is 12.8. The van der Waals surface area contributed by atoms with Gasteiger partial charge in [-0.1, -0.05) is 66.5 Å². The van der Waals surface area contributed by atoms with Gasteiger partial charge in [0.2, 0.25) is 11.8 Å². The molecule has 0 aromatic heterocycles. The number of amides is 2. The molecule has 0 fully saturated rings. The number of nitrogens with zero attached hydrogens (tertiary/aromatic N) is 1. The minimum Gasteiger partial charge on any atom is -0.355 e. The molecule has 144 valence electrons. The van der Waals surface area contributed by atoms with Crippen LogP contribution in [0.1, 0.15) is 31.4 Å². The SMILES string of the molecule is CCNC(=O)C(Cc1ccccc1)N(Cc1c(Cl)cccc1Cl)C(=O)CC. The van der Waals surface area contributed by atoms with Gasteiger partial charge in [-0.2, -0.15) is 0 Å². The zero-order valence-corrected chi connectivity index (χ0v) is 17.1. The first-order chi connectivity index (χ1) is 13.0. The Hall–Kier alpha value is -2.04. The number of benzene rings is 2. The first-order valence-corrected chi connectivity index (χ1v) is 9.77. The zero-order valence-electron chi connectivity index (χ0n) is 15.5. The summed E-state index contributed by atoms with van der Waals surface area (Å²) in [6.07, 6.45) is 0.702. The molecule has 2 aromatic carbocycles. The van der Waals surface area contributed by atoms with Crippen LogP contribution in [0.3, 0.4) is 0 Å². The third kappa shape index (κ3) is 5.72. The Bertz CT molecular complexity index is 761. The molecule has 0 saturated heterocycles. The van der Waals surface area contributed by atoms with Gasteiger partial charge >= 0.3 is 0 Å². The van der Waals surface area contributed by atoms with Crippen LogP contribution < -0.4 is 5.32 Å². The van der Waals surface area contributed by atoms with Crippen LogP contribution in [0.25, 0.3) is 0 Å². The largest absolute Gasteiger partial charge is 0.355 e. The number of nitrogens with one attached hydrogen (secondary N) is 1. The van der Waals surface area contributed by atoms with E-state index in [0.717, 1.165) is 5.56 Å². The van der Waals surface area contributed by atoms with E-state index in [1.54, 1.807) is 30.0 Å². The molecule has 27 heavy (non-hydrogen) atoms. The van der Waals surface area contributed by atoms with Crippen LogP contribution in [0, 0.1) is 0 Å². The Morgan fingerprint density at radius 2 is 1.63 bits per heavy atom. The maximum Gasteiger partial charge on any atom is 0.243 e. The highest BCUT2D eigenvalue weighted by Crippen LogP contribution is 2.27. The first kappa shape index (κ1) is 21.3. The van der Waals surface area contributed by atoms with E-state index in [1.165, 1.54) is 0 Å². The van der Waals surface area contributed by atoms with E-state index in [9.17, 15) is 9.59 Å². The quantitative estimate of drug-likeness (QED) is 0.702. The van der Waals surface area contributed by atoms with Crippen molar-refractivity contribution in [3.05, 3.63) is 69.7 Å². The van der Waals surface area contributed by atoms with Gasteiger partial charge < -0.3 is 10.2 Å². The van der Waals surface area contributed by atoms with Gasteiger partial charge in [0.1, 0.15) is 6.04 Å². The molecule has 1 N–H and O–H groups in total. The first-order valence-electron chi connectivity index (χ1n) is 9.01. The molecule has 0 aliphatic rings. The summed E-state index contributed by atoms with van der Waals surface area (Å²) in [5.41, 5.74) is 1.62. The highest BCUT2D eigenvalue weighted by molar-refractivity contribution is 6.36. The van der Waals surface area contributed by atoms with Crippen molar-refractivity contribution in [1.29, 1.82) is 0 Å². The lowest BCUT2D eigenvalue weighted by molar-refractivity contribution is -0.141. The van der Waals surface area contributed by atoms with Crippen molar-refractivity contribution in [1.82, 2.24) is 10.2 Å². The topological polar surface area (TPSA) is 49.4 Å². The average molecular weight is 407 g/mol. The Kier molecular flexibility index (Phi) is 8.14. The van der Waals surface area contributed by atoms with Crippen LogP contribution in [0.15, 0.2) is 48.5 Å². The number of halogens is 2. The van der Waals surface area contributed by atoms with E-state index in [1.807, 2.05) is 37.3 Å². The van der Waals surface area contributed by atoms with Crippen molar-refractivity contribution in [3.8, 4) is 0 Å². The van der Waals surface area contributed by atoms with Gasteiger partial charge in [-0.15, -0.1) is 0 Å². The van der Waals surface area contributed by atoms with Gasteiger partial charge in [0, 0.05) is 41.5 Å². The van der Waals surface area contributed by atoms with Gasteiger partial charge in [0.25, 0.3) is 0 Å². The van der Waals surface area contributed by atoms with Crippen LogP contribution in [0.5, 0.6) is 0 Å². The smallest absolute Gasteiger partial charge is 0.243 e. The van der Waals surface area contributed by atoms with Crippen LogP contribution in [0.2, 0.25) is 10.0 Å². The fourth-order valence-corrected chi connectivity index (χ4v) is 3.42. The molecule has 1 unspecified atom stereocenters. The number of carbonyl (C=O) groups excluding carboxylic acids is 2. The lowest BCUT2D eigenvalue weighted by Crippen LogP contribution is -2.50. The predicted octanol–water partition coefficient (Wildman–Crippen LogP) is 4.48. The van der Waals surface area contributed by atoms with Crippen LogP contribution in [-0.4, -0.2) is 29.3 Å². The van der Waals surface area contributed by atoms with Gasteiger partial charge in [-0.05, 0) is 24.6 Å². The summed E-state index contributed by atoms with van der Waals surface area (Å²) in [5, 5.41) is 3.80. The number of carbonyl (C=O) groups is 2. The summed E-state index contributed by atoms with van der Waals surface area (Å²) in [6, 6.07) is 14.2.